The van der Waals surface area contributed by atoms with Crippen LogP contribution < -0.4 is 4.72 Å². The molecule has 0 radical (unpaired) electrons. The third-order valence-corrected chi connectivity index (χ3v) is 4.47. The highest BCUT2D eigenvalue weighted by Gasteiger charge is 2.24. The Bertz CT molecular complexity index is 598. The van der Waals surface area contributed by atoms with E-state index in [4.69, 9.17) is 0 Å². The lowest BCUT2D eigenvalue weighted by Gasteiger charge is -2.24. The minimum Gasteiger partial charge on any atom is -0.342 e. The van der Waals surface area contributed by atoms with Crippen molar-refractivity contribution >= 4 is 16.0 Å². The van der Waals surface area contributed by atoms with Gasteiger partial charge in [0, 0.05) is 13.1 Å². The van der Waals surface area contributed by atoms with E-state index in [0.29, 0.717) is 5.96 Å². The second kappa shape index (κ2) is 6.05. The fraction of sp³-hybridized carbons (Fsp3) is 0.533. The van der Waals surface area contributed by atoms with Crippen LogP contribution in [0.15, 0.2) is 40.2 Å². The lowest BCUT2D eigenvalue weighted by Crippen LogP contribution is -2.44. The van der Waals surface area contributed by atoms with E-state index >= 15 is 0 Å². The highest BCUT2D eigenvalue weighted by molar-refractivity contribution is 7.90. The lowest BCUT2D eigenvalue weighted by atomic mass is 10.1. The second-order valence-electron chi connectivity index (χ2n) is 6.22. The highest BCUT2D eigenvalue weighted by Crippen LogP contribution is 2.15. The fourth-order valence-corrected chi connectivity index (χ4v) is 3.23. The Morgan fingerprint density at radius 2 is 1.71 bits per heavy atom. The van der Waals surface area contributed by atoms with Crippen molar-refractivity contribution in [3.63, 3.8) is 0 Å². The average molecular weight is 309 g/mol. The Balaban J connectivity index is 2.29. The Hall–Kier alpha value is -1.56. The maximum atomic E-state index is 12.5. The molecule has 21 heavy (non-hydrogen) atoms. The van der Waals surface area contributed by atoms with E-state index in [1.165, 1.54) is 0 Å². The van der Waals surface area contributed by atoms with E-state index < -0.39 is 10.0 Å². The number of likely N-dealkylation sites (tertiary alicyclic amines) is 1. The van der Waals surface area contributed by atoms with Crippen LogP contribution in [0.3, 0.4) is 0 Å². The minimum absolute atomic E-state index is 0.255. The first-order valence-corrected chi connectivity index (χ1v) is 8.69. The molecule has 1 aliphatic heterocycles. The van der Waals surface area contributed by atoms with Crippen molar-refractivity contribution < 1.29 is 8.42 Å². The molecule has 1 saturated heterocycles. The Labute approximate surface area is 127 Å². The maximum absolute atomic E-state index is 12.5. The molecule has 1 aromatic carbocycles. The predicted molar refractivity (Wildman–Crippen MR) is 84.8 cm³/mol. The fourth-order valence-electron chi connectivity index (χ4n) is 2.18. The zero-order valence-electron chi connectivity index (χ0n) is 12.8. The van der Waals surface area contributed by atoms with Gasteiger partial charge in [-0.2, -0.15) is 0 Å². The molecule has 1 fully saturated rings. The molecule has 6 heteroatoms. The molecule has 2 rings (SSSR count). The summed E-state index contributed by atoms with van der Waals surface area (Å²) in [7, 11) is -3.59. The van der Waals surface area contributed by atoms with Gasteiger partial charge in [-0.15, -0.1) is 0 Å². The molecule has 1 heterocycles. The number of hydrogen-bond acceptors (Lipinski definition) is 3. The van der Waals surface area contributed by atoms with Crippen molar-refractivity contribution in [2.45, 2.75) is 44.0 Å². The van der Waals surface area contributed by atoms with Crippen molar-refractivity contribution in [2.24, 2.45) is 4.99 Å². The SMILES string of the molecule is CC(C)(C)N=C(NS(=O)(=O)c1ccccc1)N1CCCC1. The molecule has 0 bridgehead atoms. The molecule has 1 N–H and O–H groups in total. The van der Waals surface area contributed by atoms with Gasteiger partial charge in [-0.3, -0.25) is 0 Å². The molecule has 0 saturated carbocycles. The molecule has 116 valence electrons. The second-order valence-corrected chi connectivity index (χ2v) is 7.90. The molecular formula is C15H23N3O2S. The van der Waals surface area contributed by atoms with Gasteiger partial charge in [0.05, 0.1) is 10.4 Å². The number of benzene rings is 1. The van der Waals surface area contributed by atoms with Crippen molar-refractivity contribution in [3.8, 4) is 0 Å². The van der Waals surface area contributed by atoms with Crippen LogP contribution in [-0.2, 0) is 10.0 Å². The minimum atomic E-state index is -3.59. The van der Waals surface area contributed by atoms with Crippen molar-refractivity contribution in [2.75, 3.05) is 13.1 Å². The number of sulfonamides is 1. The number of hydrogen-bond donors (Lipinski definition) is 1. The molecule has 5 nitrogen and oxygen atoms in total. The molecule has 1 aromatic rings. The molecule has 0 aliphatic carbocycles. The predicted octanol–water partition coefficient (Wildman–Crippen LogP) is 2.22. The van der Waals surface area contributed by atoms with Gasteiger partial charge in [-0.25, -0.2) is 18.1 Å². The van der Waals surface area contributed by atoms with Gasteiger partial charge in [0.1, 0.15) is 0 Å². The Morgan fingerprint density at radius 1 is 1.14 bits per heavy atom. The number of nitrogens with zero attached hydrogens (tertiary/aromatic N) is 2. The summed E-state index contributed by atoms with van der Waals surface area (Å²) < 4.78 is 27.6. The molecular weight excluding hydrogens is 286 g/mol. The van der Waals surface area contributed by atoms with Crippen LogP contribution in [0.2, 0.25) is 0 Å². The molecule has 0 spiro atoms. The van der Waals surface area contributed by atoms with Gasteiger partial charge in [-0.1, -0.05) is 18.2 Å². The third-order valence-electron chi connectivity index (χ3n) is 3.13. The standard InChI is InChI=1S/C15H23N3O2S/c1-15(2,3)16-14(18-11-7-8-12-18)17-21(19,20)13-9-5-4-6-10-13/h4-6,9-10H,7-8,11-12H2,1-3H3,(H,16,17). The summed E-state index contributed by atoms with van der Waals surface area (Å²) in [6, 6.07) is 8.39. The van der Waals surface area contributed by atoms with E-state index in [1.54, 1.807) is 30.3 Å². The van der Waals surface area contributed by atoms with Gasteiger partial charge in [-0.05, 0) is 45.7 Å². The van der Waals surface area contributed by atoms with E-state index in [1.807, 2.05) is 25.7 Å². The highest BCUT2D eigenvalue weighted by atomic mass is 32.2. The summed E-state index contributed by atoms with van der Waals surface area (Å²) in [4.78, 5) is 6.81. The van der Waals surface area contributed by atoms with Crippen LogP contribution in [0, 0.1) is 0 Å². The normalized spacial score (nSPS) is 17.1. The van der Waals surface area contributed by atoms with Crippen LogP contribution in [0.25, 0.3) is 0 Å². The summed E-state index contributed by atoms with van der Waals surface area (Å²) in [6.45, 7) is 7.55. The van der Waals surface area contributed by atoms with Crippen molar-refractivity contribution in [1.29, 1.82) is 0 Å². The van der Waals surface area contributed by atoms with E-state index in [2.05, 4.69) is 9.71 Å². The summed E-state index contributed by atoms with van der Waals surface area (Å²) >= 11 is 0. The first-order valence-electron chi connectivity index (χ1n) is 7.21. The number of nitrogens with one attached hydrogen (secondary N) is 1. The first kappa shape index (κ1) is 15.8. The van der Waals surface area contributed by atoms with E-state index in [-0.39, 0.29) is 10.4 Å². The van der Waals surface area contributed by atoms with Crippen LogP contribution in [0.5, 0.6) is 0 Å². The van der Waals surface area contributed by atoms with Crippen LogP contribution in [0.1, 0.15) is 33.6 Å². The lowest BCUT2D eigenvalue weighted by molar-refractivity contribution is 0.480. The van der Waals surface area contributed by atoms with Gasteiger partial charge in [0.25, 0.3) is 10.0 Å². The van der Waals surface area contributed by atoms with Crippen LogP contribution in [-0.4, -0.2) is 37.9 Å². The quantitative estimate of drug-likeness (QED) is 0.673. The van der Waals surface area contributed by atoms with Gasteiger partial charge in [0.15, 0.2) is 0 Å². The summed E-state index contributed by atoms with van der Waals surface area (Å²) in [6.07, 6.45) is 2.13. The summed E-state index contributed by atoms with van der Waals surface area (Å²) in [5.74, 6) is 0.448. The van der Waals surface area contributed by atoms with Crippen LogP contribution in [0.4, 0.5) is 0 Å². The molecule has 0 amide bonds. The number of guanidine groups is 1. The molecule has 0 atom stereocenters. The van der Waals surface area contributed by atoms with Gasteiger partial charge in [0.2, 0.25) is 5.96 Å². The van der Waals surface area contributed by atoms with Gasteiger partial charge >= 0.3 is 0 Å². The molecule has 1 aliphatic rings. The van der Waals surface area contributed by atoms with Gasteiger partial charge < -0.3 is 4.90 Å². The van der Waals surface area contributed by atoms with Crippen molar-refractivity contribution in [1.82, 2.24) is 9.62 Å². The smallest absolute Gasteiger partial charge is 0.264 e. The number of rotatable bonds is 2. The zero-order chi connectivity index (χ0) is 15.5. The third kappa shape index (κ3) is 4.46. The molecule has 0 unspecified atom stereocenters. The Morgan fingerprint density at radius 3 is 2.24 bits per heavy atom. The zero-order valence-corrected chi connectivity index (χ0v) is 13.7. The molecule has 0 aromatic heterocycles. The monoisotopic (exact) mass is 309 g/mol. The Kier molecular flexibility index (Phi) is 4.56. The largest absolute Gasteiger partial charge is 0.342 e. The maximum Gasteiger partial charge on any atom is 0.264 e. The van der Waals surface area contributed by atoms with Crippen LogP contribution >= 0.6 is 0 Å². The summed E-state index contributed by atoms with van der Waals surface area (Å²) in [5, 5.41) is 0. The topological polar surface area (TPSA) is 61.8 Å². The van der Waals surface area contributed by atoms with E-state index in [9.17, 15) is 8.42 Å². The summed E-state index contributed by atoms with van der Waals surface area (Å²) in [5.41, 5.74) is -0.336. The van der Waals surface area contributed by atoms with Crippen molar-refractivity contribution in [3.05, 3.63) is 30.3 Å². The number of aliphatic imine (C=N–C) groups is 1. The van der Waals surface area contributed by atoms with E-state index in [0.717, 1.165) is 25.9 Å². The first-order chi connectivity index (χ1) is 9.78. The average Bonchev–Trinajstić information content (AvgIpc) is 2.91.